The number of allylic oxidation sites excluding steroid dienone is 3. The van der Waals surface area contributed by atoms with Gasteiger partial charge in [-0.2, -0.15) is 0 Å². The Kier molecular flexibility index (Phi) is 9.57. The van der Waals surface area contributed by atoms with Crippen molar-refractivity contribution in [3.05, 3.63) is 83.8 Å². The number of ether oxygens (including phenoxy) is 1. The van der Waals surface area contributed by atoms with Crippen LogP contribution in [-0.2, 0) is 17.8 Å². The molecular weight excluding hydrogens is 503 g/mol. The highest BCUT2D eigenvalue weighted by atomic mass is 19.4. The normalized spacial score (nSPS) is 12.3. The second-order valence-electron chi connectivity index (χ2n) is 8.18. The molecule has 0 saturated heterocycles. The highest BCUT2D eigenvalue weighted by Crippen LogP contribution is 2.28. The summed E-state index contributed by atoms with van der Waals surface area (Å²) in [6.45, 7) is 0.601. The molecule has 3 rings (SSSR count). The maximum atomic E-state index is 12.5. The van der Waals surface area contributed by atoms with Gasteiger partial charge in [-0.3, -0.25) is 19.3 Å². The van der Waals surface area contributed by atoms with Crippen LogP contribution in [-0.4, -0.2) is 38.5 Å². The Morgan fingerprint density at radius 3 is 2.63 bits per heavy atom. The summed E-state index contributed by atoms with van der Waals surface area (Å²) >= 11 is 0. The molecule has 0 aliphatic heterocycles. The summed E-state index contributed by atoms with van der Waals surface area (Å²) in [5, 5.41) is 10.1. The summed E-state index contributed by atoms with van der Waals surface area (Å²) in [5.41, 5.74) is 14.1. The molecule has 2 heterocycles. The Morgan fingerprint density at radius 1 is 1.11 bits per heavy atom. The van der Waals surface area contributed by atoms with Crippen LogP contribution in [0.5, 0.6) is 5.75 Å². The molecule has 0 atom stereocenters. The van der Waals surface area contributed by atoms with Gasteiger partial charge in [0.15, 0.2) is 6.29 Å². The first kappa shape index (κ1) is 27.9. The fraction of sp³-hybridized carbons (Fsp3) is 0.240. The number of alkyl halides is 3. The second kappa shape index (κ2) is 13.0. The average molecular weight is 530 g/mol. The third-order valence-corrected chi connectivity index (χ3v) is 5.10. The van der Waals surface area contributed by atoms with Crippen molar-refractivity contribution in [2.75, 3.05) is 0 Å². The highest BCUT2D eigenvalue weighted by Gasteiger charge is 2.31. The quantitative estimate of drug-likeness (QED) is 0.184. The lowest BCUT2D eigenvalue weighted by Crippen LogP contribution is -2.29. The minimum absolute atomic E-state index is 0.0927. The van der Waals surface area contributed by atoms with Gasteiger partial charge in [0.1, 0.15) is 17.3 Å². The topological polar surface area (TPSA) is 151 Å². The van der Waals surface area contributed by atoms with Crippen molar-refractivity contribution in [1.29, 1.82) is 0 Å². The van der Waals surface area contributed by atoms with Gasteiger partial charge in [-0.1, -0.05) is 17.3 Å². The van der Waals surface area contributed by atoms with E-state index in [1.165, 1.54) is 30.5 Å². The first-order chi connectivity index (χ1) is 18.1. The molecule has 38 heavy (non-hydrogen) atoms. The van der Waals surface area contributed by atoms with Gasteiger partial charge in [0, 0.05) is 18.4 Å². The maximum absolute atomic E-state index is 12.5. The molecule has 13 heteroatoms. The molecule has 0 bridgehead atoms. The smallest absolute Gasteiger partial charge is 0.406 e. The Balaban J connectivity index is 1.49. The highest BCUT2D eigenvalue weighted by molar-refractivity contribution is 5.80. The third kappa shape index (κ3) is 9.41. The van der Waals surface area contributed by atoms with Crippen molar-refractivity contribution in [3.8, 4) is 16.9 Å². The van der Waals surface area contributed by atoms with Gasteiger partial charge in [-0.15, -0.1) is 18.3 Å². The van der Waals surface area contributed by atoms with Crippen molar-refractivity contribution < 1.29 is 27.5 Å². The number of halogens is 3. The number of aldehydes is 1. The largest absolute Gasteiger partial charge is 0.573 e. The van der Waals surface area contributed by atoms with E-state index in [9.17, 15) is 22.8 Å². The van der Waals surface area contributed by atoms with Crippen molar-refractivity contribution in [2.24, 2.45) is 11.5 Å². The molecule has 2 aromatic heterocycles. The van der Waals surface area contributed by atoms with Gasteiger partial charge in [0.25, 0.3) is 0 Å². The fourth-order valence-electron chi connectivity index (χ4n) is 3.40. The number of aryl methyl sites for hydroxylation is 1. The number of nitrogens with zero attached hydrogens (tertiary/aromatic N) is 4. The molecule has 5 N–H and O–H groups in total. The number of nitrogens with two attached hydrogens (primary N) is 2. The van der Waals surface area contributed by atoms with Gasteiger partial charge < -0.3 is 21.5 Å². The summed E-state index contributed by atoms with van der Waals surface area (Å²) in [4.78, 5) is 27.2. The van der Waals surface area contributed by atoms with Crippen molar-refractivity contribution in [1.82, 2.24) is 25.3 Å². The zero-order valence-corrected chi connectivity index (χ0v) is 20.2. The Morgan fingerprint density at radius 2 is 1.89 bits per heavy atom. The number of rotatable bonds is 12. The van der Waals surface area contributed by atoms with Crippen LogP contribution < -0.4 is 21.5 Å². The molecule has 10 nitrogen and oxygen atoms in total. The van der Waals surface area contributed by atoms with Crippen LogP contribution in [0.1, 0.15) is 35.4 Å². The molecule has 1 aromatic carbocycles. The van der Waals surface area contributed by atoms with Crippen LogP contribution in [0.25, 0.3) is 11.1 Å². The van der Waals surface area contributed by atoms with E-state index in [0.29, 0.717) is 41.8 Å². The zero-order valence-electron chi connectivity index (χ0n) is 20.2. The maximum Gasteiger partial charge on any atom is 0.573 e. The molecule has 0 spiro atoms. The summed E-state index contributed by atoms with van der Waals surface area (Å²) in [6, 6.07) is 8.73. The Hall–Kier alpha value is -4.68. The standard InChI is InChI=1S/C25H26F3N7O3/c26-25(27,28)38-22-6-3-4-17(13-22)18-9-10-31-20(12-18)14-24(37)32-23(30)8-7-19(29)5-1-2-11-35-15-21(16-36)33-34-35/h3-4,6-10,12-13,15-16H,1-2,5,11,14,29-30H2,(H,32,37)/b19-7-,23-8+. The van der Waals surface area contributed by atoms with Crippen molar-refractivity contribution >= 4 is 12.2 Å². The summed E-state index contributed by atoms with van der Waals surface area (Å²) in [7, 11) is 0. The monoisotopic (exact) mass is 529 g/mol. The van der Waals surface area contributed by atoms with Crippen LogP contribution >= 0.6 is 0 Å². The van der Waals surface area contributed by atoms with E-state index >= 15 is 0 Å². The van der Waals surface area contributed by atoms with Gasteiger partial charge in [-0.05, 0) is 66.8 Å². The van der Waals surface area contributed by atoms with E-state index in [1.54, 1.807) is 35.2 Å². The number of benzene rings is 1. The molecule has 0 unspecified atom stereocenters. The molecule has 0 saturated carbocycles. The number of pyridine rings is 1. The minimum Gasteiger partial charge on any atom is -0.406 e. The number of carbonyl (C=O) groups excluding carboxylic acids is 2. The molecule has 0 aliphatic carbocycles. The van der Waals surface area contributed by atoms with E-state index in [0.717, 1.165) is 12.8 Å². The molecule has 3 aromatic rings. The Labute approximate surface area is 216 Å². The molecule has 0 aliphatic rings. The number of unbranched alkanes of at least 4 members (excludes halogenated alkanes) is 1. The second-order valence-corrected chi connectivity index (χ2v) is 8.18. The molecule has 0 fully saturated rings. The van der Waals surface area contributed by atoms with Crippen LogP contribution in [0.3, 0.4) is 0 Å². The SMILES string of the molecule is N/C(=C\C=C(/N)NC(=O)Cc1cc(-c2cccc(OC(F)(F)F)c2)ccn1)CCCCn1cc(C=O)nn1. The lowest BCUT2D eigenvalue weighted by atomic mass is 10.1. The van der Waals surface area contributed by atoms with E-state index in [4.69, 9.17) is 11.5 Å². The zero-order chi connectivity index (χ0) is 27.5. The van der Waals surface area contributed by atoms with Crippen LogP contribution in [0.15, 0.2) is 72.5 Å². The van der Waals surface area contributed by atoms with Gasteiger partial charge >= 0.3 is 6.36 Å². The van der Waals surface area contributed by atoms with Crippen LogP contribution in [0.2, 0.25) is 0 Å². The first-order valence-corrected chi connectivity index (χ1v) is 11.5. The first-order valence-electron chi connectivity index (χ1n) is 11.5. The van der Waals surface area contributed by atoms with E-state index < -0.39 is 12.3 Å². The van der Waals surface area contributed by atoms with Gasteiger partial charge in [-0.25, -0.2) is 0 Å². The Bertz CT molecular complexity index is 1320. The number of carbonyl (C=O) groups is 2. The molecule has 200 valence electrons. The number of nitrogens with one attached hydrogen (secondary N) is 1. The summed E-state index contributed by atoms with van der Waals surface area (Å²) in [5.74, 6) is -0.679. The van der Waals surface area contributed by atoms with Crippen molar-refractivity contribution in [3.63, 3.8) is 0 Å². The van der Waals surface area contributed by atoms with E-state index in [-0.39, 0.29) is 23.7 Å². The number of amides is 1. The summed E-state index contributed by atoms with van der Waals surface area (Å²) in [6.07, 6.45) is 3.98. The van der Waals surface area contributed by atoms with Gasteiger partial charge in [0.05, 0.1) is 18.3 Å². The summed E-state index contributed by atoms with van der Waals surface area (Å²) < 4.78 is 43.1. The predicted octanol–water partition coefficient (Wildman–Crippen LogP) is 3.22. The average Bonchev–Trinajstić information content (AvgIpc) is 3.33. The molecular formula is C25H26F3N7O3. The molecule has 0 radical (unpaired) electrons. The fourth-order valence-corrected chi connectivity index (χ4v) is 3.40. The third-order valence-electron chi connectivity index (χ3n) is 5.10. The number of hydrogen-bond donors (Lipinski definition) is 3. The molecule has 1 amide bonds. The lowest BCUT2D eigenvalue weighted by Gasteiger charge is -2.11. The lowest BCUT2D eigenvalue weighted by molar-refractivity contribution is -0.274. The predicted molar refractivity (Wildman–Crippen MR) is 132 cm³/mol. The number of hydrogen-bond acceptors (Lipinski definition) is 8. The van der Waals surface area contributed by atoms with Crippen LogP contribution in [0, 0.1) is 0 Å². The van der Waals surface area contributed by atoms with Crippen molar-refractivity contribution in [2.45, 2.75) is 38.6 Å². The van der Waals surface area contributed by atoms with Gasteiger partial charge in [0.2, 0.25) is 5.91 Å². The van der Waals surface area contributed by atoms with E-state index in [2.05, 4.69) is 25.3 Å². The van der Waals surface area contributed by atoms with E-state index in [1.807, 2.05) is 0 Å². The number of aromatic nitrogens is 4. The minimum atomic E-state index is -4.80. The van der Waals surface area contributed by atoms with Crippen LogP contribution in [0.4, 0.5) is 13.2 Å².